The zero-order chi connectivity index (χ0) is 9.80. The highest BCUT2D eigenvalue weighted by Gasteiger charge is 2.23. The topological polar surface area (TPSA) is 35.5 Å². The van der Waals surface area contributed by atoms with Crippen molar-refractivity contribution in [3.05, 3.63) is 35.9 Å². The molecule has 0 radical (unpaired) electrons. The number of ether oxygens (including phenoxy) is 2. The van der Waals surface area contributed by atoms with Crippen LogP contribution in [0.5, 0.6) is 0 Å². The maximum Gasteiger partial charge on any atom is 0.184 e. The lowest BCUT2D eigenvalue weighted by molar-refractivity contribution is -0.211. The third-order valence-corrected chi connectivity index (χ3v) is 2.19. The van der Waals surface area contributed by atoms with Crippen LogP contribution >= 0.6 is 0 Å². The van der Waals surface area contributed by atoms with E-state index in [1.165, 1.54) is 0 Å². The van der Waals surface area contributed by atoms with Gasteiger partial charge in [0.15, 0.2) is 6.29 Å². The Bertz CT molecular complexity index is 297. The summed E-state index contributed by atoms with van der Waals surface area (Å²) in [7, 11) is 0. The summed E-state index contributed by atoms with van der Waals surface area (Å²) in [5.41, 5.74) is 0.957. The summed E-state index contributed by atoms with van der Waals surface area (Å²) < 4.78 is 10.8. The van der Waals surface area contributed by atoms with Crippen molar-refractivity contribution in [2.45, 2.75) is 18.8 Å². The summed E-state index contributed by atoms with van der Waals surface area (Å²) in [6, 6.07) is 9.64. The molecule has 0 bridgehead atoms. The second kappa shape index (κ2) is 4.35. The standard InChI is InChI=1S/C11H12O3/c12-8-10-6-7-13-11(14-10)9-4-2-1-3-5-9/h1-5,8,10-11H,6-7H2/t10-,11?/m0/s1. The second-order valence-corrected chi connectivity index (χ2v) is 3.21. The maximum atomic E-state index is 10.6. The van der Waals surface area contributed by atoms with E-state index in [0.717, 1.165) is 11.8 Å². The molecule has 1 fully saturated rings. The molecule has 1 aliphatic rings. The smallest absolute Gasteiger partial charge is 0.184 e. The van der Waals surface area contributed by atoms with Crippen LogP contribution in [0.15, 0.2) is 30.3 Å². The van der Waals surface area contributed by atoms with Gasteiger partial charge in [0, 0.05) is 12.0 Å². The summed E-state index contributed by atoms with van der Waals surface area (Å²) >= 11 is 0. The molecule has 1 saturated heterocycles. The Hall–Kier alpha value is -1.19. The van der Waals surface area contributed by atoms with Gasteiger partial charge in [0.2, 0.25) is 0 Å². The van der Waals surface area contributed by atoms with Gasteiger partial charge in [-0.1, -0.05) is 30.3 Å². The molecule has 0 amide bonds. The van der Waals surface area contributed by atoms with E-state index in [1.54, 1.807) is 0 Å². The third kappa shape index (κ3) is 2.00. The summed E-state index contributed by atoms with van der Waals surface area (Å²) in [6.45, 7) is 0.572. The van der Waals surface area contributed by atoms with Gasteiger partial charge in [0.25, 0.3) is 0 Å². The Labute approximate surface area is 82.6 Å². The van der Waals surface area contributed by atoms with Crippen molar-refractivity contribution in [3.8, 4) is 0 Å². The van der Waals surface area contributed by atoms with Gasteiger partial charge in [0.05, 0.1) is 6.61 Å². The van der Waals surface area contributed by atoms with Crippen LogP contribution in [0.4, 0.5) is 0 Å². The molecule has 1 aromatic carbocycles. The summed E-state index contributed by atoms with van der Waals surface area (Å²) in [5, 5.41) is 0. The van der Waals surface area contributed by atoms with Gasteiger partial charge in [-0.3, -0.25) is 0 Å². The van der Waals surface area contributed by atoms with Crippen molar-refractivity contribution >= 4 is 6.29 Å². The molecule has 3 nitrogen and oxygen atoms in total. The molecule has 0 aliphatic carbocycles. The quantitative estimate of drug-likeness (QED) is 0.669. The van der Waals surface area contributed by atoms with Crippen LogP contribution in [0.25, 0.3) is 0 Å². The minimum absolute atomic E-state index is 0.325. The van der Waals surface area contributed by atoms with Gasteiger partial charge in [-0.25, -0.2) is 0 Å². The average Bonchev–Trinajstić information content (AvgIpc) is 2.30. The van der Waals surface area contributed by atoms with Crippen LogP contribution in [0.2, 0.25) is 0 Å². The number of benzene rings is 1. The Morgan fingerprint density at radius 3 is 2.79 bits per heavy atom. The minimum atomic E-state index is -0.389. The number of aldehydes is 1. The third-order valence-electron chi connectivity index (χ3n) is 2.19. The second-order valence-electron chi connectivity index (χ2n) is 3.21. The largest absolute Gasteiger partial charge is 0.348 e. The van der Waals surface area contributed by atoms with Gasteiger partial charge < -0.3 is 14.3 Å². The lowest BCUT2D eigenvalue weighted by atomic mass is 10.2. The fraction of sp³-hybridized carbons (Fsp3) is 0.364. The van der Waals surface area contributed by atoms with Crippen LogP contribution in [-0.2, 0) is 14.3 Å². The molecule has 0 N–H and O–H groups in total. The Morgan fingerprint density at radius 1 is 1.29 bits per heavy atom. The molecule has 3 heteroatoms. The number of rotatable bonds is 2. The normalized spacial score (nSPS) is 27.1. The summed E-state index contributed by atoms with van der Waals surface area (Å²) in [6.07, 6.45) is 0.764. The molecule has 0 saturated carbocycles. The fourth-order valence-electron chi connectivity index (χ4n) is 1.44. The van der Waals surface area contributed by atoms with E-state index in [0.29, 0.717) is 13.0 Å². The lowest BCUT2D eigenvalue weighted by Crippen LogP contribution is -2.27. The van der Waals surface area contributed by atoms with Gasteiger partial charge in [-0.2, -0.15) is 0 Å². The van der Waals surface area contributed by atoms with Crippen molar-refractivity contribution in [2.75, 3.05) is 6.61 Å². The maximum absolute atomic E-state index is 10.6. The minimum Gasteiger partial charge on any atom is -0.348 e. The SMILES string of the molecule is O=C[C@@H]1CCOC(c2ccccc2)O1. The number of carbonyl (C=O) groups is 1. The van der Waals surface area contributed by atoms with E-state index in [2.05, 4.69) is 0 Å². The van der Waals surface area contributed by atoms with Crippen molar-refractivity contribution in [1.29, 1.82) is 0 Å². The summed E-state index contributed by atoms with van der Waals surface area (Å²) in [5.74, 6) is 0. The zero-order valence-electron chi connectivity index (χ0n) is 7.76. The van der Waals surface area contributed by atoms with Crippen molar-refractivity contribution in [1.82, 2.24) is 0 Å². The van der Waals surface area contributed by atoms with Crippen LogP contribution in [0.3, 0.4) is 0 Å². The molecule has 14 heavy (non-hydrogen) atoms. The zero-order valence-corrected chi connectivity index (χ0v) is 7.76. The molecule has 0 spiro atoms. The molecule has 0 aromatic heterocycles. The van der Waals surface area contributed by atoms with Crippen LogP contribution in [0.1, 0.15) is 18.3 Å². The molecule has 2 rings (SSSR count). The molecular formula is C11H12O3. The molecule has 2 atom stereocenters. The van der Waals surface area contributed by atoms with Gasteiger partial charge >= 0.3 is 0 Å². The van der Waals surface area contributed by atoms with Crippen molar-refractivity contribution in [2.24, 2.45) is 0 Å². The van der Waals surface area contributed by atoms with E-state index in [9.17, 15) is 4.79 Å². The fourth-order valence-corrected chi connectivity index (χ4v) is 1.44. The van der Waals surface area contributed by atoms with Gasteiger partial charge in [-0.05, 0) is 0 Å². The van der Waals surface area contributed by atoms with E-state index in [1.807, 2.05) is 30.3 Å². The number of hydrogen-bond donors (Lipinski definition) is 0. The van der Waals surface area contributed by atoms with E-state index in [4.69, 9.17) is 9.47 Å². The lowest BCUT2D eigenvalue weighted by Gasteiger charge is -2.27. The highest BCUT2D eigenvalue weighted by molar-refractivity contribution is 5.56. The van der Waals surface area contributed by atoms with E-state index >= 15 is 0 Å². The Kier molecular flexibility index (Phi) is 2.91. The molecule has 1 aromatic rings. The first kappa shape index (κ1) is 9.37. The van der Waals surface area contributed by atoms with Crippen LogP contribution < -0.4 is 0 Å². The first-order valence-corrected chi connectivity index (χ1v) is 4.67. The first-order valence-electron chi connectivity index (χ1n) is 4.67. The molecule has 1 unspecified atom stereocenters. The van der Waals surface area contributed by atoms with Gasteiger partial charge in [0.1, 0.15) is 12.4 Å². The number of hydrogen-bond acceptors (Lipinski definition) is 3. The first-order chi connectivity index (χ1) is 6.90. The molecule has 74 valence electrons. The number of carbonyl (C=O) groups excluding carboxylic acids is 1. The summed E-state index contributed by atoms with van der Waals surface area (Å²) in [4.78, 5) is 10.6. The average molecular weight is 192 g/mol. The van der Waals surface area contributed by atoms with E-state index < -0.39 is 0 Å². The van der Waals surface area contributed by atoms with Gasteiger partial charge in [-0.15, -0.1) is 0 Å². The highest BCUT2D eigenvalue weighted by atomic mass is 16.7. The van der Waals surface area contributed by atoms with Crippen molar-refractivity contribution < 1.29 is 14.3 Å². The van der Waals surface area contributed by atoms with Crippen LogP contribution in [-0.4, -0.2) is 19.0 Å². The monoisotopic (exact) mass is 192 g/mol. The predicted octanol–water partition coefficient (Wildman–Crippen LogP) is 1.69. The van der Waals surface area contributed by atoms with E-state index in [-0.39, 0.29) is 12.4 Å². The van der Waals surface area contributed by atoms with Crippen LogP contribution in [0, 0.1) is 0 Å². The molecule has 1 aliphatic heterocycles. The highest BCUT2D eigenvalue weighted by Crippen LogP contribution is 2.24. The Balaban J connectivity index is 2.08. The Morgan fingerprint density at radius 2 is 2.07 bits per heavy atom. The predicted molar refractivity (Wildman–Crippen MR) is 50.7 cm³/mol. The molecule has 1 heterocycles. The molecular weight excluding hydrogens is 180 g/mol. The van der Waals surface area contributed by atoms with Crippen molar-refractivity contribution in [3.63, 3.8) is 0 Å².